The molecular formula is C15H13F2N3O2S. The summed E-state index contributed by atoms with van der Waals surface area (Å²) >= 11 is 0. The highest BCUT2D eigenvalue weighted by molar-refractivity contribution is 7.90. The third kappa shape index (κ3) is 5.07. The lowest BCUT2D eigenvalue weighted by atomic mass is 10.2. The van der Waals surface area contributed by atoms with E-state index >= 15 is 0 Å². The SMILES string of the molecule is N#Cc1ccc(CCS(=O)(=O)Cc2ccc(C(F)F)cc2)nn1. The lowest BCUT2D eigenvalue weighted by molar-refractivity contribution is 0.151. The molecule has 0 unspecified atom stereocenters. The summed E-state index contributed by atoms with van der Waals surface area (Å²) in [6.45, 7) is 0. The highest BCUT2D eigenvalue weighted by Crippen LogP contribution is 2.19. The Morgan fingerprint density at radius 3 is 2.30 bits per heavy atom. The van der Waals surface area contributed by atoms with Crippen molar-refractivity contribution in [1.29, 1.82) is 5.26 Å². The van der Waals surface area contributed by atoms with Crippen molar-refractivity contribution in [2.75, 3.05) is 5.75 Å². The van der Waals surface area contributed by atoms with Gasteiger partial charge in [-0.25, -0.2) is 17.2 Å². The van der Waals surface area contributed by atoms with Crippen LogP contribution in [-0.4, -0.2) is 24.4 Å². The van der Waals surface area contributed by atoms with Gasteiger partial charge in [-0.1, -0.05) is 24.3 Å². The zero-order chi connectivity index (χ0) is 16.9. The van der Waals surface area contributed by atoms with Gasteiger partial charge >= 0.3 is 0 Å². The molecule has 0 radical (unpaired) electrons. The summed E-state index contributed by atoms with van der Waals surface area (Å²) in [6, 6.07) is 10.1. The highest BCUT2D eigenvalue weighted by atomic mass is 32.2. The molecule has 0 N–H and O–H groups in total. The number of nitrogens with zero attached hydrogens (tertiary/aromatic N) is 3. The molecule has 120 valence electrons. The summed E-state index contributed by atoms with van der Waals surface area (Å²) in [7, 11) is -3.40. The van der Waals surface area contributed by atoms with Crippen LogP contribution in [0.1, 0.15) is 28.9 Å². The maximum atomic E-state index is 12.4. The summed E-state index contributed by atoms with van der Waals surface area (Å²) in [5, 5.41) is 16.0. The van der Waals surface area contributed by atoms with Crippen molar-refractivity contribution in [3.63, 3.8) is 0 Å². The lowest BCUT2D eigenvalue weighted by Gasteiger charge is -2.06. The molecule has 1 aromatic heterocycles. The molecule has 0 bridgehead atoms. The fraction of sp³-hybridized carbons (Fsp3) is 0.267. The number of hydrogen-bond acceptors (Lipinski definition) is 5. The molecule has 0 aliphatic carbocycles. The van der Waals surface area contributed by atoms with Crippen molar-refractivity contribution in [1.82, 2.24) is 10.2 Å². The van der Waals surface area contributed by atoms with Crippen molar-refractivity contribution >= 4 is 9.84 Å². The molecular weight excluding hydrogens is 324 g/mol. The highest BCUT2D eigenvalue weighted by Gasteiger charge is 2.14. The van der Waals surface area contributed by atoms with Gasteiger partial charge in [0, 0.05) is 12.0 Å². The topological polar surface area (TPSA) is 83.7 Å². The molecule has 0 amide bonds. The van der Waals surface area contributed by atoms with E-state index in [1.54, 1.807) is 6.07 Å². The third-order valence-corrected chi connectivity index (χ3v) is 4.72. The van der Waals surface area contributed by atoms with Gasteiger partial charge in [-0.2, -0.15) is 10.4 Å². The van der Waals surface area contributed by atoms with Gasteiger partial charge in [0.15, 0.2) is 15.5 Å². The van der Waals surface area contributed by atoms with E-state index in [1.807, 2.05) is 6.07 Å². The van der Waals surface area contributed by atoms with E-state index in [4.69, 9.17) is 5.26 Å². The molecule has 0 aliphatic rings. The first-order valence-corrected chi connectivity index (χ1v) is 8.52. The number of halogens is 2. The Balaban J connectivity index is 1.97. The van der Waals surface area contributed by atoms with E-state index in [0.717, 1.165) is 0 Å². The monoisotopic (exact) mass is 337 g/mol. The fourth-order valence-corrected chi connectivity index (χ4v) is 3.26. The van der Waals surface area contributed by atoms with Crippen LogP contribution in [0.25, 0.3) is 0 Å². The smallest absolute Gasteiger partial charge is 0.228 e. The average molecular weight is 337 g/mol. The van der Waals surface area contributed by atoms with Gasteiger partial charge in [-0.15, -0.1) is 5.10 Å². The summed E-state index contributed by atoms with van der Waals surface area (Å²) in [4.78, 5) is 0. The van der Waals surface area contributed by atoms with Gasteiger partial charge < -0.3 is 0 Å². The predicted molar refractivity (Wildman–Crippen MR) is 79.3 cm³/mol. The van der Waals surface area contributed by atoms with Crippen LogP contribution >= 0.6 is 0 Å². The van der Waals surface area contributed by atoms with Crippen LogP contribution in [0.15, 0.2) is 36.4 Å². The van der Waals surface area contributed by atoms with E-state index in [-0.39, 0.29) is 29.2 Å². The van der Waals surface area contributed by atoms with E-state index in [9.17, 15) is 17.2 Å². The Morgan fingerprint density at radius 1 is 1.09 bits per heavy atom. The number of aromatic nitrogens is 2. The molecule has 5 nitrogen and oxygen atoms in total. The van der Waals surface area contributed by atoms with E-state index in [0.29, 0.717) is 11.3 Å². The Hall–Kier alpha value is -2.40. The number of aryl methyl sites for hydroxylation is 1. The minimum Gasteiger partial charge on any atom is -0.228 e. The average Bonchev–Trinajstić information content (AvgIpc) is 2.53. The zero-order valence-electron chi connectivity index (χ0n) is 12.0. The molecule has 1 heterocycles. The minimum atomic E-state index is -3.40. The van der Waals surface area contributed by atoms with Crippen molar-refractivity contribution < 1.29 is 17.2 Å². The first-order chi connectivity index (χ1) is 10.9. The molecule has 0 saturated heterocycles. The first-order valence-electron chi connectivity index (χ1n) is 6.70. The normalized spacial score (nSPS) is 11.4. The van der Waals surface area contributed by atoms with Crippen LogP contribution in [0.3, 0.4) is 0 Å². The molecule has 0 saturated carbocycles. The van der Waals surface area contributed by atoms with Gasteiger partial charge in [0.05, 0.1) is 17.2 Å². The largest absolute Gasteiger partial charge is 0.263 e. The van der Waals surface area contributed by atoms with Gasteiger partial charge in [-0.3, -0.25) is 0 Å². The number of benzene rings is 1. The van der Waals surface area contributed by atoms with Gasteiger partial charge in [0.2, 0.25) is 0 Å². The summed E-state index contributed by atoms with van der Waals surface area (Å²) in [6.07, 6.45) is -2.40. The molecule has 2 aromatic rings. The van der Waals surface area contributed by atoms with E-state index < -0.39 is 16.3 Å². The van der Waals surface area contributed by atoms with Crippen molar-refractivity contribution in [3.8, 4) is 6.07 Å². The quantitative estimate of drug-likeness (QED) is 0.808. The Bertz CT molecular complexity index is 798. The maximum Gasteiger partial charge on any atom is 0.263 e. The Morgan fingerprint density at radius 2 is 1.78 bits per heavy atom. The van der Waals surface area contributed by atoms with Crippen molar-refractivity contribution in [3.05, 3.63) is 58.9 Å². The van der Waals surface area contributed by atoms with E-state index in [1.165, 1.54) is 30.3 Å². The van der Waals surface area contributed by atoms with Crippen LogP contribution in [0.4, 0.5) is 8.78 Å². The number of nitriles is 1. The second kappa shape index (κ2) is 7.24. The van der Waals surface area contributed by atoms with Crippen LogP contribution < -0.4 is 0 Å². The summed E-state index contributed by atoms with van der Waals surface area (Å²) < 4.78 is 49.0. The molecule has 8 heteroatoms. The molecule has 0 fully saturated rings. The molecule has 0 aliphatic heterocycles. The molecule has 0 atom stereocenters. The number of alkyl halides is 2. The molecule has 0 spiro atoms. The lowest BCUT2D eigenvalue weighted by Crippen LogP contribution is -2.12. The minimum absolute atomic E-state index is 0.135. The molecule has 23 heavy (non-hydrogen) atoms. The molecule has 2 rings (SSSR count). The van der Waals surface area contributed by atoms with Crippen molar-refractivity contribution in [2.45, 2.75) is 18.6 Å². The summed E-state index contributed by atoms with van der Waals surface area (Å²) in [5.74, 6) is -0.357. The zero-order valence-corrected chi connectivity index (χ0v) is 12.8. The second-order valence-corrected chi connectivity index (χ2v) is 7.09. The fourth-order valence-electron chi connectivity index (χ4n) is 1.90. The predicted octanol–water partition coefficient (Wildman–Crippen LogP) is 2.44. The van der Waals surface area contributed by atoms with Gasteiger partial charge in [0.25, 0.3) is 6.43 Å². The van der Waals surface area contributed by atoms with Crippen molar-refractivity contribution in [2.24, 2.45) is 0 Å². The number of rotatable bonds is 6. The number of hydrogen-bond donors (Lipinski definition) is 0. The van der Waals surface area contributed by atoms with Crippen LogP contribution in [0.5, 0.6) is 0 Å². The van der Waals surface area contributed by atoms with Crippen LogP contribution in [-0.2, 0) is 22.0 Å². The first kappa shape index (κ1) is 17.0. The standard InChI is InChI=1S/C15H13F2N3O2S/c16-15(17)12-3-1-11(2-4-12)10-23(21,22)8-7-13-5-6-14(9-18)20-19-13/h1-6,15H,7-8,10H2. The Kier molecular flexibility index (Phi) is 5.34. The van der Waals surface area contributed by atoms with Crippen LogP contribution in [0, 0.1) is 11.3 Å². The maximum absolute atomic E-state index is 12.4. The Labute approximate surface area is 132 Å². The molecule has 1 aromatic carbocycles. The third-order valence-electron chi connectivity index (χ3n) is 3.12. The van der Waals surface area contributed by atoms with Gasteiger partial charge in [-0.05, 0) is 17.7 Å². The number of sulfone groups is 1. The second-order valence-electron chi connectivity index (χ2n) is 4.91. The van der Waals surface area contributed by atoms with Gasteiger partial charge in [0.1, 0.15) is 6.07 Å². The van der Waals surface area contributed by atoms with Crippen LogP contribution in [0.2, 0.25) is 0 Å². The van der Waals surface area contributed by atoms with E-state index in [2.05, 4.69) is 10.2 Å². The summed E-state index contributed by atoms with van der Waals surface area (Å²) in [5.41, 5.74) is 0.954.